The van der Waals surface area contributed by atoms with Crippen LogP contribution in [0, 0.1) is 6.92 Å². The molecule has 0 saturated carbocycles. The number of thiophene rings is 1. The van der Waals surface area contributed by atoms with Gasteiger partial charge >= 0.3 is 0 Å². The summed E-state index contributed by atoms with van der Waals surface area (Å²) in [5.41, 5.74) is 7.30. The minimum absolute atomic E-state index is 0.0514. The fourth-order valence-electron chi connectivity index (χ4n) is 1.43. The number of benzene rings is 1. The Morgan fingerprint density at radius 3 is 2.78 bits per heavy atom. The summed E-state index contributed by atoms with van der Waals surface area (Å²) in [4.78, 5) is 12.4. The quantitative estimate of drug-likeness (QED) is 0.584. The molecular weight excluding hydrogens is 272 g/mol. The lowest BCUT2D eigenvalue weighted by atomic mass is 10.2. The summed E-state index contributed by atoms with van der Waals surface area (Å²) in [6.07, 6.45) is 0. The minimum Gasteiger partial charge on any atom is -0.508 e. The van der Waals surface area contributed by atoms with E-state index in [2.05, 4.69) is 5.32 Å². The van der Waals surface area contributed by atoms with Gasteiger partial charge in [-0.05, 0) is 30.0 Å². The van der Waals surface area contributed by atoms with E-state index in [1.165, 1.54) is 29.5 Å². The normalized spacial score (nSPS) is 10.3. The van der Waals surface area contributed by atoms with E-state index in [1.54, 1.807) is 0 Å². The van der Waals surface area contributed by atoms with Gasteiger partial charge in [0.2, 0.25) is 0 Å². The topological polar surface area (TPSA) is 75.3 Å². The highest BCUT2D eigenvalue weighted by molar-refractivity contribution is 7.13. The van der Waals surface area contributed by atoms with Crippen LogP contribution < -0.4 is 11.1 Å². The van der Waals surface area contributed by atoms with E-state index in [0.717, 1.165) is 5.56 Å². The number of anilines is 2. The van der Waals surface area contributed by atoms with Gasteiger partial charge in [0.15, 0.2) is 0 Å². The number of halogens is 1. The van der Waals surface area contributed by atoms with Gasteiger partial charge in [0.05, 0.1) is 16.4 Å². The number of hydrogen-bond acceptors (Lipinski definition) is 4. The van der Waals surface area contributed by atoms with Crippen LogP contribution in [0.4, 0.5) is 11.4 Å². The number of aryl methyl sites for hydroxylation is 1. The molecule has 1 amide bonds. The highest BCUT2D eigenvalue weighted by Gasteiger charge is 2.15. The van der Waals surface area contributed by atoms with Gasteiger partial charge in [0.1, 0.15) is 10.6 Å². The van der Waals surface area contributed by atoms with Crippen LogP contribution in [0.5, 0.6) is 5.75 Å². The lowest BCUT2D eigenvalue weighted by molar-refractivity contribution is 0.103. The zero-order chi connectivity index (χ0) is 13.3. The maximum atomic E-state index is 12.0. The molecule has 0 bridgehead atoms. The Bertz CT molecular complexity index is 610. The molecule has 2 rings (SSSR count). The third-order valence-electron chi connectivity index (χ3n) is 2.39. The number of hydrogen-bond donors (Lipinski definition) is 3. The van der Waals surface area contributed by atoms with Crippen molar-refractivity contribution in [2.45, 2.75) is 6.92 Å². The van der Waals surface area contributed by atoms with Crippen LogP contribution in [0.3, 0.4) is 0 Å². The summed E-state index contributed by atoms with van der Waals surface area (Å²) in [7, 11) is 0. The number of nitrogens with one attached hydrogen (secondary N) is 1. The van der Waals surface area contributed by atoms with E-state index in [0.29, 0.717) is 21.3 Å². The predicted octanol–water partition coefficient (Wildman–Crippen LogP) is 3.25. The smallest absolute Gasteiger partial charge is 0.267 e. The lowest BCUT2D eigenvalue weighted by Crippen LogP contribution is -2.12. The standard InChI is InChI=1S/C12H11ClN2O2S/c1-6-5-18-11(10(6)13)12(17)15-9-3-2-7(16)4-8(9)14/h2-5,16H,14H2,1H3,(H,15,17). The molecule has 1 aromatic carbocycles. The van der Waals surface area contributed by atoms with Crippen molar-refractivity contribution in [1.82, 2.24) is 0 Å². The van der Waals surface area contributed by atoms with Crippen molar-refractivity contribution in [2.24, 2.45) is 0 Å². The summed E-state index contributed by atoms with van der Waals surface area (Å²) in [5, 5.41) is 14.2. The van der Waals surface area contributed by atoms with Crippen molar-refractivity contribution in [2.75, 3.05) is 11.1 Å². The van der Waals surface area contributed by atoms with Gasteiger partial charge in [0, 0.05) is 6.07 Å². The van der Waals surface area contributed by atoms with Crippen LogP contribution in [0.1, 0.15) is 15.2 Å². The molecule has 1 heterocycles. The Morgan fingerprint density at radius 1 is 1.50 bits per heavy atom. The number of nitrogens with two attached hydrogens (primary N) is 1. The minimum atomic E-state index is -0.310. The summed E-state index contributed by atoms with van der Waals surface area (Å²) in [5.74, 6) is -0.258. The van der Waals surface area contributed by atoms with Crippen LogP contribution in [0.25, 0.3) is 0 Å². The van der Waals surface area contributed by atoms with Crippen LogP contribution in [-0.4, -0.2) is 11.0 Å². The van der Waals surface area contributed by atoms with E-state index in [1.807, 2.05) is 12.3 Å². The van der Waals surface area contributed by atoms with E-state index in [4.69, 9.17) is 17.3 Å². The third kappa shape index (κ3) is 2.42. The lowest BCUT2D eigenvalue weighted by Gasteiger charge is -2.07. The average Bonchev–Trinajstić information content (AvgIpc) is 2.64. The Labute approximate surface area is 113 Å². The molecule has 2 aromatic rings. The van der Waals surface area contributed by atoms with Gasteiger partial charge in [-0.25, -0.2) is 0 Å². The molecule has 4 nitrogen and oxygen atoms in total. The number of rotatable bonds is 2. The van der Waals surface area contributed by atoms with Crippen molar-refractivity contribution in [3.63, 3.8) is 0 Å². The molecule has 6 heteroatoms. The predicted molar refractivity (Wildman–Crippen MR) is 74.5 cm³/mol. The van der Waals surface area contributed by atoms with E-state index >= 15 is 0 Å². The highest BCUT2D eigenvalue weighted by atomic mass is 35.5. The first kappa shape index (κ1) is 12.7. The monoisotopic (exact) mass is 282 g/mol. The van der Waals surface area contributed by atoms with E-state index < -0.39 is 0 Å². The molecule has 0 aliphatic rings. The van der Waals surface area contributed by atoms with Gasteiger partial charge in [-0.3, -0.25) is 4.79 Å². The number of carbonyl (C=O) groups is 1. The maximum Gasteiger partial charge on any atom is 0.267 e. The van der Waals surface area contributed by atoms with Crippen molar-refractivity contribution >= 4 is 40.2 Å². The van der Waals surface area contributed by atoms with E-state index in [-0.39, 0.29) is 11.7 Å². The van der Waals surface area contributed by atoms with Gasteiger partial charge in [-0.15, -0.1) is 11.3 Å². The van der Waals surface area contributed by atoms with Crippen molar-refractivity contribution in [3.8, 4) is 5.75 Å². The fraction of sp³-hybridized carbons (Fsp3) is 0.0833. The van der Waals surface area contributed by atoms with Crippen LogP contribution in [0.2, 0.25) is 5.02 Å². The van der Waals surface area contributed by atoms with Gasteiger partial charge < -0.3 is 16.2 Å². The Morgan fingerprint density at radius 2 is 2.22 bits per heavy atom. The second-order valence-corrected chi connectivity index (χ2v) is 5.05. The molecular formula is C12H11ClN2O2S. The first-order valence-electron chi connectivity index (χ1n) is 5.12. The van der Waals surface area contributed by atoms with Crippen molar-refractivity contribution in [1.29, 1.82) is 0 Å². The molecule has 94 valence electrons. The average molecular weight is 283 g/mol. The number of phenols is 1. The number of nitrogen functional groups attached to an aromatic ring is 1. The summed E-state index contributed by atoms with van der Waals surface area (Å²) < 4.78 is 0. The highest BCUT2D eigenvalue weighted by Crippen LogP contribution is 2.29. The fourth-order valence-corrected chi connectivity index (χ4v) is 2.60. The Hall–Kier alpha value is -1.72. The molecule has 0 saturated heterocycles. The Balaban J connectivity index is 2.24. The largest absolute Gasteiger partial charge is 0.508 e. The molecule has 0 radical (unpaired) electrons. The zero-order valence-corrected chi connectivity index (χ0v) is 11.1. The maximum absolute atomic E-state index is 12.0. The van der Waals surface area contributed by atoms with Gasteiger partial charge in [0.25, 0.3) is 5.91 Å². The molecule has 4 N–H and O–H groups in total. The second kappa shape index (κ2) is 4.88. The summed E-state index contributed by atoms with van der Waals surface area (Å²) in [6.45, 7) is 1.84. The third-order valence-corrected chi connectivity index (χ3v) is 4.08. The molecule has 0 atom stereocenters. The number of phenolic OH excluding ortho intramolecular Hbond substituents is 1. The zero-order valence-electron chi connectivity index (χ0n) is 9.53. The molecule has 0 unspecified atom stereocenters. The molecule has 0 aliphatic carbocycles. The van der Waals surface area contributed by atoms with Gasteiger partial charge in [-0.1, -0.05) is 11.6 Å². The molecule has 0 spiro atoms. The van der Waals surface area contributed by atoms with Crippen LogP contribution in [0.15, 0.2) is 23.6 Å². The number of aromatic hydroxyl groups is 1. The summed E-state index contributed by atoms with van der Waals surface area (Å²) in [6, 6.07) is 4.36. The van der Waals surface area contributed by atoms with E-state index in [9.17, 15) is 9.90 Å². The number of amides is 1. The number of carbonyl (C=O) groups excluding carboxylic acids is 1. The summed E-state index contributed by atoms with van der Waals surface area (Å²) >= 11 is 7.29. The first-order chi connectivity index (χ1) is 8.49. The van der Waals surface area contributed by atoms with Crippen molar-refractivity contribution in [3.05, 3.63) is 39.0 Å². The molecule has 0 fully saturated rings. The molecule has 18 heavy (non-hydrogen) atoms. The van der Waals surface area contributed by atoms with Crippen LogP contribution >= 0.6 is 22.9 Å². The second-order valence-electron chi connectivity index (χ2n) is 3.79. The van der Waals surface area contributed by atoms with Gasteiger partial charge in [-0.2, -0.15) is 0 Å². The van der Waals surface area contributed by atoms with Crippen LogP contribution in [-0.2, 0) is 0 Å². The SMILES string of the molecule is Cc1csc(C(=O)Nc2ccc(O)cc2N)c1Cl. The van der Waals surface area contributed by atoms with Crippen molar-refractivity contribution < 1.29 is 9.90 Å². The first-order valence-corrected chi connectivity index (χ1v) is 6.38. The molecule has 1 aromatic heterocycles. The molecule has 0 aliphatic heterocycles. The Kier molecular flexibility index (Phi) is 3.45.